The molecule has 128 valence electrons. The third-order valence-electron chi connectivity index (χ3n) is 3.73. The molecule has 2 aromatic rings. The molecular weight excluding hydrogens is 326 g/mol. The zero-order valence-corrected chi connectivity index (χ0v) is 14.8. The average molecular weight is 347 g/mol. The molecule has 0 aliphatic carbocycles. The predicted molar refractivity (Wildman–Crippen MR) is 95.5 cm³/mol. The summed E-state index contributed by atoms with van der Waals surface area (Å²) in [5.41, 5.74) is 3.56. The van der Waals surface area contributed by atoms with E-state index in [0.717, 1.165) is 33.8 Å². The molecule has 1 aromatic carbocycles. The largest absolute Gasteiger partial charge is 0.347 e. The summed E-state index contributed by atoms with van der Waals surface area (Å²) in [6, 6.07) is 5.76. The molecule has 0 aliphatic rings. The number of hydrogen-bond acceptors (Lipinski definition) is 4. The predicted octanol–water partition coefficient (Wildman–Crippen LogP) is 1.98. The van der Waals surface area contributed by atoms with Gasteiger partial charge < -0.3 is 15.2 Å². The van der Waals surface area contributed by atoms with Crippen LogP contribution in [0, 0.1) is 20.8 Å². The van der Waals surface area contributed by atoms with Crippen molar-refractivity contribution in [2.75, 3.05) is 11.9 Å². The van der Waals surface area contributed by atoms with Gasteiger partial charge >= 0.3 is 4.87 Å². The molecule has 0 saturated carbocycles. The van der Waals surface area contributed by atoms with Crippen molar-refractivity contribution in [1.82, 2.24) is 9.88 Å². The minimum Gasteiger partial charge on any atom is -0.347 e. The first kappa shape index (κ1) is 17.9. The number of thiazole rings is 1. The molecule has 1 heterocycles. The lowest BCUT2D eigenvalue weighted by atomic mass is 10.1. The molecule has 24 heavy (non-hydrogen) atoms. The molecular formula is C17H21N3O3S. The van der Waals surface area contributed by atoms with Crippen LogP contribution < -0.4 is 15.5 Å². The number of carbonyl (C=O) groups excluding carboxylic acids is 2. The number of nitrogens with zero attached hydrogens (tertiary/aromatic N) is 1. The quantitative estimate of drug-likeness (QED) is 0.838. The van der Waals surface area contributed by atoms with Crippen LogP contribution in [-0.4, -0.2) is 22.9 Å². The summed E-state index contributed by atoms with van der Waals surface area (Å²) < 4.78 is 1.56. The van der Waals surface area contributed by atoms with Crippen molar-refractivity contribution in [2.45, 2.75) is 33.7 Å². The molecule has 0 aliphatic heterocycles. The van der Waals surface area contributed by atoms with Gasteiger partial charge in [-0.05, 0) is 31.9 Å². The summed E-state index contributed by atoms with van der Waals surface area (Å²) >= 11 is 1.12. The molecule has 0 bridgehead atoms. The highest BCUT2D eigenvalue weighted by Crippen LogP contribution is 2.18. The minimum absolute atomic E-state index is 0.0759. The number of aromatic nitrogens is 1. The Kier molecular flexibility index (Phi) is 5.92. The van der Waals surface area contributed by atoms with Gasteiger partial charge in [-0.25, -0.2) is 0 Å². The molecule has 6 nitrogen and oxygen atoms in total. The van der Waals surface area contributed by atoms with Crippen LogP contribution in [0.15, 0.2) is 28.4 Å². The summed E-state index contributed by atoms with van der Waals surface area (Å²) in [6.07, 6.45) is 0.161. The lowest BCUT2D eigenvalue weighted by Gasteiger charge is -2.12. The number of aryl methyl sites for hydroxylation is 3. The molecule has 0 saturated heterocycles. The number of nitrogens with one attached hydrogen (secondary N) is 2. The summed E-state index contributed by atoms with van der Waals surface area (Å²) in [4.78, 5) is 35.3. The molecule has 1 aromatic heterocycles. The smallest absolute Gasteiger partial charge is 0.307 e. The van der Waals surface area contributed by atoms with E-state index < -0.39 is 0 Å². The van der Waals surface area contributed by atoms with Crippen LogP contribution in [0.1, 0.15) is 23.2 Å². The van der Waals surface area contributed by atoms with E-state index >= 15 is 0 Å². The molecule has 2 rings (SSSR count). The van der Waals surface area contributed by atoms with Crippen LogP contribution in [0.25, 0.3) is 0 Å². The fourth-order valence-corrected chi connectivity index (χ4v) is 3.11. The zero-order chi connectivity index (χ0) is 17.7. The number of para-hydroxylation sites is 1. The van der Waals surface area contributed by atoms with Gasteiger partial charge in [-0.15, -0.1) is 0 Å². The molecule has 0 fully saturated rings. The Bertz CT molecular complexity index is 787. The Balaban J connectivity index is 1.81. The first-order valence-corrected chi connectivity index (χ1v) is 8.54. The zero-order valence-electron chi connectivity index (χ0n) is 14.0. The second-order valence-corrected chi connectivity index (χ2v) is 6.46. The van der Waals surface area contributed by atoms with Crippen molar-refractivity contribution in [3.05, 3.63) is 50.1 Å². The lowest BCUT2D eigenvalue weighted by molar-refractivity contribution is -0.124. The van der Waals surface area contributed by atoms with E-state index in [1.807, 2.05) is 39.0 Å². The van der Waals surface area contributed by atoms with E-state index in [-0.39, 0.29) is 29.7 Å². The van der Waals surface area contributed by atoms with Gasteiger partial charge in [-0.3, -0.25) is 14.4 Å². The number of rotatable bonds is 6. The van der Waals surface area contributed by atoms with Gasteiger partial charge in [-0.2, -0.15) is 0 Å². The fraction of sp³-hybridized carbons (Fsp3) is 0.353. The monoisotopic (exact) mass is 347 g/mol. The molecule has 0 atom stereocenters. The van der Waals surface area contributed by atoms with Crippen molar-refractivity contribution >= 4 is 28.8 Å². The van der Waals surface area contributed by atoms with E-state index in [4.69, 9.17) is 0 Å². The molecule has 0 unspecified atom stereocenters. The van der Waals surface area contributed by atoms with Gasteiger partial charge in [0.05, 0.1) is 6.54 Å². The van der Waals surface area contributed by atoms with Crippen LogP contribution >= 0.6 is 11.3 Å². The highest BCUT2D eigenvalue weighted by Gasteiger charge is 2.10. The maximum absolute atomic E-state index is 12.0. The SMILES string of the molecule is Cc1cccc(C)c1NC(=O)CNC(=O)CCn1c(C)csc1=O. The van der Waals surface area contributed by atoms with Crippen molar-refractivity contribution < 1.29 is 9.59 Å². The van der Waals surface area contributed by atoms with Crippen molar-refractivity contribution in [3.8, 4) is 0 Å². The van der Waals surface area contributed by atoms with Crippen molar-refractivity contribution in [1.29, 1.82) is 0 Å². The van der Waals surface area contributed by atoms with Crippen LogP contribution in [0.3, 0.4) is 0 Å². The third-order valence-corrected chi connectivity index (χ3v) is 4.61. The Morgan fingerprint density at radius 3 is 2.38 bits per heavy atom. The first-order chi connectivity index (χ1) is 11.4. The van der Waals surface area contributed by atoms with Gasteiger partial charge in [0.1, 0.15) is 0 Å². The van der Waals surface area contributed by atoms with Crippen molar-refractivity contribution in [2.24, 2.45) is 0 Å². The lowest BCUT2D eigenvalue weighted by Crippen LogP contribution is -2.34. The highest BCUT2D eigenvalue weighted by molar-refractivity contribution is 7.07. The van der Waals surface area contributed by atoms with Gasteiger partial charge in [-0.1, -0.05) is 29.5 Å². The molecule has 2 amide bonds. The van der Waals surface area contributed by atoms with E-state index in [0.29, 0.717) is 6.54 Å². The first-order valence-electron chi connectivity index (χ1n) is 7.66. The van der Waals surface area contributed by atoms with Crippen LogP contribution in [-0.2, 0) is 16.1 Å². The molecule has 7 heteroatoms. The Hall–Kier alpha value is -2.41. The summed E-state index contributed by atoms with van der Waals surface area (Å²) in [6.45, 7) is 5.89. The maximum atomic E-state index is 12.0. The van der Waals surface area contributed by atoms with Crippen LogP contribution in [0.2, 0.25) is 0 Å². The summed E-state index contributed by atoms with van der Waals surface area (Å²) in [5.74, 6) is -0.534. The number of hydrogen-bond donors (Lipinski definition) is 2. The second-order valence-electron chi connectivity index (χ2n) is 5.64. The van der Waals surface area contributed by atoms with E-state index in [2.05, 4.69) is 10.6 Å². The Morgan fingerprint density at radius 1 is 1.12 bits per heavy atom. The van der Waals surface area contributed by atoms with Crippen LogP contribution in [0.5, 0.6) is 0 Å². The molecule has 0 radical (unpaired) electrons. The Labute approximate surface area is 144 Å². The number of benzene rings is 1. The van der Waals surface area contributed by atoms with E-state index in [1.54, 1.807) is 9.95 Å². The van der Waals surface area contributed by atoms with Gasteiger partial charge in [0.25, 0.3) is 0 Å². The molecule has 2 N–H and O–H groups in total. The minimum atomic E-state index is -0.273. The number of amides is 2. The Morgan fingerprint density at radius 2 is 1.79 bits per heavy atom. The van der Waals surface area contributed by atoms with Gasteiger partial charge in [0.15, 0.2) is 0 Å². The number of anilines is 1. The normalized spacial score (nSPS) is 10.5. The number of carbonyl (C=O) groups is 2. The molecule has 0 spiro atoms. The maximum Gasteiger partial charge on any atom is 0.307 e. The second kappa shape index (κ2) is 7.92. The highest BCUT2D eigenvalue weighted by atomic mass is 32.1. The van der Waals surface area contributed by atoms with Crippen molar-refractivity contribution in [3.63, 3.8) is 0 Å². The third kappa shape index (κ3) is 4.55. The van der Waals surface area contributed by atoms with E-state index in [9.17, 15) is 14.4 Å². The topological polar surface area (TPSA) is 80.2 Å². The van der Waals surface area contributed by atoms with Gasteiger partial charge in [0, 0.05) is 29.7 Å². The summed E-state index contributed by atoms with van der Waals surface area (Å²) in [7, 11) is 0. The van der Waals surface area contributed by atoms with E-state index in [1.165, 1.54) is 0 Å². The fourth-order valence-electron chi connectivity index (χ4n) is 2.35. The average Bonchev–Trinajstić information content (AvgIpc) is 2.85. The van der Waals surface area contributed by atoms with Gasteiger partial charge in [0.2, 0.25) is 11.8 Å². The standard InChI is InChI=1S/C17H21N3O3S/c1-11-5-4-6-12(2)16(11)19-15(22)9-18-14(21)7-8-20-13(3)10-24-17(20)23/h4-6,10H,7-9H2,1-3H3,(H,18,21)(H,19,22). The summed E-state index contributed by atoms with van der Waals surface area (Å²) in [5, 5.41) is 7.16. The van der Waals surface area contributed by atoms with Crippen LogP contribution in [0.4, 0.5) is 5.69 Å².